The minimum atomic E-state index is -1.64. The number of nitrogens with two attached hydrogens (primary N) is 2. The van der Waals surface area contributed by atoms with E-state index in [-0.39, 0.29) is 0 Å². The molecule has 0 radical (unpaired) electrons. The molecule has 5 N–H and O–H groups in total. The second-order valence-corrected chi connectivity index (χ2v) is 8.36. The average Bonchev–Trinajstić information content (AvgIpc) is 3.03. The molecule has 3 aromatic carbocycles. The Morgan fingerprint density at radius 1 is 0.750 bits per heavy atom. The van der Waals surface area contributed by atoms with Gasteiger partial charge in [0.15, 0.2) is 0 Å². The van der Waals surface area contributed by atoms with Crippen molar-refractivity contribution < 1.29 is 14.4 Å². The zero-order chi connectivity index (χ0) is 23.0. The molecule has 162 valence electrons. The standard InChI is InChI=1S/C26H25N3O3/c1-15-7-11-17(12-8-15)21(23(27)30)26(19-5-3-4-6-20(19)29-25(26)32)22(24(28)31)18-13-9-16(2)10-14-18/h3-14,21-22H,1-2H3,(H2,27,30)(H2,28,31)(H,29,32). The number of nitrogens with one attached hydrogen (secondary N) is 1. The summed E-state index contributed by atoms with van der Waals surface area (Å²) in [4.78, 5) is 39.9. The molecule has 6 nitrogen and oxygen atoms in total. The quantitative estimate of drug-likeness (QED) is 0.561. The van der Waals surface area contributed by atoms with Gasteiger partial charge in [0, 0.05) is 5.69 Å². The second kappa shape index (κ2) is 7.96. The third-order valence-corrected chi connectivity index (χ3v) is 6.30. The fraction of sp³-hybridized carbons (Fsp3) is 0.192. The van der Waals surface area contributed by atoms with Crippen molar-refractivity contribution in [2.24, 2.45) is 11.5 Å². The van der Waals surface area contributed by atoms with E-state index in [0.717, 1.165) is 11.1 Å². The van der Waals surface area contributed by atoms with Crippen LogP contribution in [0.1, 0.15) is 39.7 Å². The summed E-state index contributed by atoms with van der Waals surface area (Å²) in [5.41, 5.74) is 14.4. The number of carbonyl (C=O) groups excluding carboxylic acids is 3. The van der Waals surface area contributed by atoms with Gasteiger partial charge in [0.2, 0.25) is 17.7 Å². The van der Waals surface area contributed by atoms with Gasteiger partial charge < -0.3 is 16.8 Å². The van der Waals surface area contributed by atoms with E-state index in [1.54, 1.807) is 48.5 Å². The van der Waals surface area contributed by atoms with Crippen molar-refractivity contribution in [3.63, 3.8) is 0 Å². The molecule has 3 aromatic rings. The van der Waals surface area contributed by atoms with Crippen molar-refractivity contribution in [1.29, 1.82) is 0 Å². The van der Waals surface area contributed by atoms with Crippen LogP contribution in [0.3, 0.4) is 0 Å². The highest BCUT2D eigenvalue weighted by molar-refractivity contribution is 6.14. The van der Waals surface area contributed by atoms with Crippen molar-refractivity contribution in [2.45, 2.75) is 31.1 Å². The molecule has 32 heavy (non-hydrogen) atoms. The van der Waals surface area contributed by atoms with Crippen LogP contribution in [-0.4, -0.2) is 17.7 Å². The number of fused-ring (bicyclic) bond motifs is 1. The van der Waals surface area contributed by atoms with Crippen LogP contribution < -0.4 is 16.8 Å². The fourth-order valence-corrected chi connectivity index (χ4v) is 4.86. The Morgan fingerprint density at radius 2 is 1.19 bits per heavy atom. The molecule has 3 amide bonds. The van der Waals surface area contributed by atoms with Crippen LogP contribution in [0.2, 0.25) is 0 Å². The number of aryl methyl sites for hydroxylation is 2. The van der Waals surface area contributed by atoms with E-state index in [9.17, 15) is 14.4 Å². The number of benzene rings is 3. The first kappa shape index (κ1) is 21.3. The number of primary amides is 2. The Labute approximate surface area is 186 Å². The average molecular weight is 428 g/mol. The summed E-state index contributed by atoms with van der Waals surface area (Å²) in [6.45, 7) is 3.85. The predicted molar refractivity (Wildman–Crippen MR) is 123 cm³/mol. The van der Waals surface area contributed by atoms with Crippen LogP contribution in [0.25, 0.3) is 0 Å². The van der Waals surface area contributed by atoms with Crippen LogP contribution >= 0.6 is 0 Å². The first-order chi connectivity index (χ1) is 15.3. The predicted octanol–water partition coefficient (Wildman–Crippen LogP) is 3.03. The summed E-state index contributed by atoms with van der Waals surface area (Å²) >= 11 is 0. The molecule has 0 aliphatic carbocycles. The van der Waals surface area contributed by atoms with E-state index in [1.165, 1.54) is 0 Å². The van der Waals surface area contributed by atoms with Crippen molar-refractivity contribution in [2.75, 3.05) is 5.32 Å². The maximum absolute atomic E-state index is 13.8. The number of carbonyl (C=O) groups is 3. The maximum atomic E-state index is 13.8. The Morgan fingerprint density at radius 3 is 1.62 bits per heavy atom. The molecule has 0 aromatic heterocycles. The Hall–Kier alpha value is -3.93. The summed E-state index contributed by atoms with van der Waals surface area (Å²) in [5.74, 6) is -4.14. The summed E-state index contributed by atoms with van der Waals surface area (Å²) in [6, 6.07) is 21.5. The molecule has 1 aliphatic heterocycles. The van der Waals surface area contributed by atoms with Gasteiger partial charge in [0.25, 0.3) is 0 Å². The molecular weight excluding hydrogens is 402 g/mol. The van der Waals surface area contributed by atoms with Gasteiger partial charge in [-0.15, -0.1) is 0 Å². The minimum Gasteiger partial charge on any atom is -0.369 e. The first-order valence-electron chi connectivity index (χ1n) is 10.4. The number of hydrogen-bond donors (Lipinski definition) is 3. The largest absolute Gasteiger partial charge is 0.369 e. The number of para-hydroxylation sites is 1. The Kier molecular flexibility index (Phi) is 5.30. The monoisotopic (exact) mass is 427 g/mol. The van der Waals surface area contributed by atoms with Crippen LogP contribution in [0.4, 0.5) is 5.69 Å². The van der Waals surface area contributed by atoms with Gasteiger partial charge in [-0.05, 0) is 36.6 Å². The molecule has 4 rings (SSSR count). The maximum Gasteiger partial charge on any atom is 0.237 e. The Bertz CT molecular complexity index is 1140. The molecule has 1 aliphatic rings. The van der Waals surface area contributed by atoms with Gasteiger partial charge in [-0.3, -0.25) is 14.4 Å². The lowest BCUT2D eigenvalue weighted by Gasteiger charge is -2.40. The lowest BCUT2D eigenvalue weighted by atomic mass is 9.58. The molecule has 0 saturated carbocycles. The van der Waals surface area contributed by atoms with Crippen molar-refractivity contribution in [3.8, 4) is 0 Å². The molecule has 0 saturated heterocycles. The minimum absolute atomic E-state index is 0.479. The van der Waals surface area contributed by atoms with Gasteiger partial charge >= 0.3 is 0 Å². The first-order valence-corrected chi connectivity index (χ1v) is 10.4. The molecule has 0 bridgehead atoms. The molecule has 0 fully saturated rings. The highest BCUT2D eigenvalue weighted by Crippen LogP contribution is 2.55. The fourth-order valence-electron chi connectivity index (χ4n) is 4.86. The van der Waals surface area contributed by atoms with Crippen molar-refractivity contribution >= 4 is 23.4 Å². The molecule has 2 unspecified atom stereocenters. The van der Waals surface area contributed by atoms with Crippen LogP contribution in [-0.2, 0) is 19.8 Å². The zero-order valence-corrected chi connectivity index (χ0v) is 18.0. The zero-order valence-electron chi connectivity index (χ0n) is 18.0. The van der Waals surface area contributed by atoms with Crippen LogP contribution in [0.15, 0.2) is 72.8 Å². The van der Waals surface area contributed by atoms with Crippen molar-refractivity contribution in [3.05, 3.63) is 101 Å². The number of rotatable bonds is 6. The molecule has 2 atom stereocenters. The third-order valence-electron chi connectivity index (χ3n) is 6.30. The van der Waals surface area contributed by atoms with E-state index in [0.29, 0.717) is 22.4 Å². The summed E-state index contributed by atoms with van der Waals surface area (Å²) in [6.07, 6.45) is 0. The van der Waals surface area contributed by atoms with Gasteiger partial charge in [-0.25, -0.2) is 0 Å². The van der Waals surface area contributed by atoms with Crippen LogP contribution in [0, 0.1) is 13.8 Å². The molecule has 0 spiro atoms. The SMILES string of the molecule is Cc1ccc(C(C(N)=O)C2(C(C(N)=O)c3ccc(C)cc3)C(=O)Nc3ccccc32)cc1. The van der Waals surface area contributed by atoms with E-state index in [2.05, 4.69) is 5.32 Å². The van der Waals surface area contributed by atoms with E-state index in [1.807, 2.05) is 38.1 Å². The lowest BCUT2D eigenvalue weighted by Crippen LogP contribution is -2.53. The number of hydrogen-bond acceptors (Lipinski definition) is 3. The summed E-state index contributed by atoms with van der Waals surface area (Å²) < 4.78 is 0. The highest BCUT2D eigenvalue weighted by Gasteiger charge is 2.61. The number of amides is 3. The van der Waals surface area contributed by atoms with Gasteiger partial charge in [0.05, 0.1) is 11.8 Å². The van der Waals surface area contributed by atoms with Gasteiger partial charge in [0.1, 0.15) is 5.41 Å². The lowest BCUT2D eigenvalue weighted by molar-refractivity contribution is -0.133. The highest BCUT2D eigenvalue weighted by atomic mass is 16.2. The molecular formula is C26H25N3O3. The van der Waals surface area contributed by atoms with E-state index in [4.69, 9.17) is 11.5 Å². The van der Waals surface area contributed by atoms with Crippen LogP contribution in [0.5, 0.6) is 0 Å². The van der Waals surface area contributed by atoms with E-state index >= 15 is 0 Å². The van der Waals surface area contributed by atoms with E-state index < -0.39 is 35.0 Å². The van der Waals surface area contributed by atoms with Crippen molar-refractivity contribution in [1.82, 2.24) is 0 Å². The molecule has 1 heterocycles. The molecule has 6 heteroatoms. The van der Waals surface area contributed by atoms with Gasteiger partial charge in [-0.2, -0.15) is 0 Å². The topological polar surface area (TPSA) is 115 Å². The smallest absolute Gasteiger partial charge is 0.237 e. The second-order valence-electron chi connectivity index (χ2n) is 8.36. The normalized spacial score (nSPS) is 19.0. The number of anilines is 1. The Balaban J connectivity index is 2.09. The summed E-state index contributed by atoms with van der Waals surface area (Å²) in [5, 5.41) is 2.87. The third kappa shape index (κ3) is 3.24. The van der Waals surface area contributed by atoms with Gasteiger partial charge in [-0.1, -0.05) is 77.9 Å². The summed E-state index contributed by atoms with van der Waals surface area (Å²) in [7, 11) is 0.